The fourth-order valence-corrected chi connectivity index (χ4v) is 3.08. The molecule has 6 nitrogen and oxygen atoms in total. The van der Waals surface area contributed by atoms with Crippen LogP contribution >= 0.6 is 11.6 Å². The highest BCUT2D eigenvalue weighted by Gasteiger charge is 2.10. The van der Waals surface area contributed by atoms with E-state index in [0.29, 0.717) is 34.4 Å². The number of amides is 1. The summed E-state index contributed by atoms with van der Waals surface area (Å²) >= 11 is 5.89. The topological polar surface area (TPSA) is 77.2 Å². The molecule has 162 valence electrons. The number of oxazole rings is 1. The number of aryl methyl sites for hydroxylation is 1. The van der Waals surface area contributed by atoms with Crippen LogP contribution in [0.3, 0.4) is 0 Å². The molecule has 1 N–H and O–H groups in total. The first kappa shape index (κ1) is 21.5. The maximum Gasteiger partial charge on any atom is 0.220 e. The van der Waals surface area contributed by atoms with Gasteiger partial charge in [0.15, 0.2) is 23.2 Å². The molecule has 0 fully saturated rings. The second-order valence-electron chi connectivity index (χ2n) is 6.96. The second-order valence-corrected chi connectivity index (χ2v) is 7.39. The van der Waals surface area contributed by atoms with Gasteiger partial charge in [-0.3, -0.25) is 9.78 Å². The highest BCUT2D eigenvalue weighted by atomic mass is 35.5. The molecule has 2 aromatic heterocycles. The molecule has 2 aromatic carbocycles. The predicted octanol–water partition coefficient (Wildman–Crippen LogP) is 5.57. The second kappa shape index (κ2) is 10.1. The van der Waals surface area contributed by atoms with Gasteiger partial charge < -0.3 is 14.5 Å². The number of pyridine rings is 1. The third kappa shape index (κ3) is 5.70. The van der Waals surface area contributed by atoms with Crippen LogP contribution in [0.1, 0.15) is 17.9 Å². The van der Waals surface area contributed by atoms with E-state index in [2.05, 4.69) is 15.3 Å². The van der Waals surface area contributed by atoms with Crippen molar-refractivity contribution in [1.29, 1.82) is 0 Å². The molecule has 1 amide bonds. The summed E-state index contributed by atoms with van der Waals surface area (Å²) in [5.41, 5.74) is 1.48. The summed E-state index contributed by atoms with van der Waals surface area (Å²) in [5.74, 6) is 0.906. The molecular formula is C24H19ClFN3O3. The summed E-state index contributed by atoms with van der Waals surface area (Å²) in [6.07, 6.45) is 5.28. The van der Waals surface area contributed by atoms with Crippen molar-refractivity contribution >= 4 is 17.5 Å². The van der Waals surface area contributed by atoms with Crippen molar-refractivity contribution in [3.63, 3.8) is 0 Å². The minimum Gasteiger partial charge on any atom is -0.453 e. The Labute approximate surface area is 189 Å². The Morgan fingerprint density at radius 2 is 1.97 bits per heavy atom. The van der Waals surface area contributed by atoms with Crippen molar-refractivity contribution < 1.29 is 18.3 Å². The molecule has 0 atom stereocenters. The highest BCUT2D eigenvalue weighted by molar-refractivity contribution is 6.30. The quantitative estimate of drug-likeness (QED) is 0.379. The smallest absolute Gasteiger partial charge is 0.220 e. The van der Waals surface area contributed by atoms with Crippen LogP contribution < -0.4 is 10.1 Å². The molecule has 0 saturated carbocycles. The maximum atomic E-state index is 14.3. The van der Waals surface area contributed by atoms with Crippen LogP contribution in [0, 0.1) is 5.82 Å². The van der Waals surface area contributed by atoms with Crippen molar-refractivity contribution in [1.82, 2.24) is 15.3 Å². The molecule has 0 spiro atoms. The molecule has 4 rings (SSSR count). The third-order valence-corrected chi connectivity index (χ3v) is 4.85. The fourth-order valence-electron chi connectivity index (χ4n) is 2.95. The number of nitrogens with zero attached hydrogens (tertiary/aromatic N) is 2. The van der Waals surface area contributed by atoms with Crippen molar-refractivity contribution in [3.8, 4) is 22.8 Å². The van der Waals surface area contributed by atoms with E-state index in [4.69, 9.17) is 20.8 Å². The monoisotopic (exact) mass is 451 g/mol. The van der Waals surface area contributed by atoms with Crippen molar-refractivity contribution in [2.45, 2.75) is 19.4 Å². The van der Waals surface area contributed by atoms with Gasteiger partial charge in [0.1, 0.15) is 5.75 Å². The third-order valence-electron chi connectivity index (χ3n) is 4.60. The Morgan fingerprint density at radius 3 is 2.72 bits per heavy atom. The molecule has 8 heteroatoms. The molecule has 0 aliphatic heterocycles. The SMILES string of the molecule is O=C(CCc1ncc(-c2ccc(Cl)cc2)o1)NCc1ccc(Oc2cccnc2)c(F)c1. The number of hydrogen-bond donors (Lipinski definition) is 1. The number of carbonyl (C=O) groups is 1. The summed E-state index contributed by atoms with van der Waals surface area (Å²) in [4.78, 5) is 20.3. The first-order chi connectivity index (χ1) is 15.6. The lowest BCUT2D eigenvalue weighted by Gasteiger charge is -2.09. The van der Waals surface area contributed by atoms with Crippen LogP contribution in [0.2, 0.25) is 5.02 Å². The molecule has 0 unspecified atom stereocenters. The zero-order valence-electron chi connectivity index (χ0n) is 16.9. The van der Waals surface area contributed by atoms with Gasteiger partial charge in [0.05, 0.1) is 12.4 Å². The number of rotatable bonds is 8. The Bertz CT molecular complexity index is 1200. The van der Waals surface area contributed by atoms with Gasteiger partial charge in [-0.25, -0.2) is 9.37 Å². The van der Waals surface area contributed by atoms with Crippen LogP contribution in [-0.2, 0) is 17.8 Å². The average Bonchev–Trinajstić information content (AvgIpc) is 3.28. The van der Waals surface area contributed by atoms with Gasteiger partial charge in [0.2, 0.25) is 5.91 Å². The first-order valence-corrected chi connectivity index (χ1v) is 10.3. The minimum atomic E-state index is -0.518. The van der Waals surface area contributed by atoms with Gasteiger partial charge in [-0.2, -0.15) is 0 Å². The number of benzene rings is 2. The number of nitrogens with one attached hydrogen (secondary N) is 1. The Morgan fingerprint density at radius 1 is 1.12 bits per heavy atom. The molecule has 0 radical (unpaired) electrons. The van der Waals surface area contributed by atoms with E-state index in [-0.39, 0.29) is 24.6 Å². The molecule has 0 aliphatic rings. The Hall–Kier alpha value is -3.71. The van der Waals surface area contributed by atoms with Gasteiger partial charge >= 0.3 is 0 Å². The lowest BCUT2D eigenvalue weighted by molar-refractivity contribution is -0.121. The van der Waals surface area contributed by atoms with Gasteiger partial charge in [-0.05, 0) is 54.1 Å². The van der Waals surface area contributed by atoms with E-state index in [1.165, 1.54) is 18.3 Å². The van der Waals surface area contributed by atoms with Gasteiger partial charge in [0, 0.05) is 36.2 Å². The van der Waals surface area contributed by atoms with Gasteiger partial charge in [0.25, 0.3) is 0 Å². The lowest BCUT2D eigenvalue weighted by Crippen LogP contribution is -2.23. The fraction of sp³-hybridized carbons (Fsp3) is 0.125. The number of halogens is 2. The average molecular weight is 452 g/mol. The Kier molecular flexibility index (Phi) is 6.77. The molecular weight excluding hydrogens is 433 g/mol. The van der Waals surface area contributed by atoms with E-state index >= 15 is 0 Å². The summed E-state index contributed by atoms with van der Waals surface area (Å²) in [6, 6.07) is 15.2. The van der Waals surface area contributed by atoms with E-state index in [1.807, 2.05) is 12.1 Å². The van der Waals surface area contributed by atoms with Gasteiger partial charge in [-0.1, -0.05) is 17.7 Å². The summed E-state index contributed by atoms with van der Waals surface area (Å²) in [7, 11) is 0. The molecule has 0 bridgehead atoms. The zero-order valence-corrected chi connectivity index (χ0v) is 17.7. The van der Waals surface area contributed by atoms with Crippen LogP contribution in [0.4, 0.5) is 4.39 Å². The molecule has 0 aliphatic carbocycles. The summed E-state index contributed by atoms with van der Waals surface area (Å²) in [5, 5.41) is 3.41. The van der Waals surface area contributed by atoms with E-state index < -0.39 is 5.82 Å². The van der Waals surface area contributed by atoms with Crippen molar-refractivity contribution in [3.05, 3.63) is 95.5 Å². The van der Waals surface area contributed by atoms with Crippen molar-refractivity contribution in [2.24, 2.45) is 0 Å². The Balaban J connectivity index is 1.26. The minimum absolute atomic E-state index is 0.0912. The first-order valence-electron chi connectivity index (χ1n) is 9.90. The van der Waals surface area contributed by atoms with Crippen LogP contribution in [0.25, 0.3) is 11.3 Å². The molecule has 32 heavy (non-hydrogen) atoms. The summed E-state index contributed by atoms with van der Waals surface area (Å²) < 4.78 is 25.5. The zero-order chi connectivity index (χ0) is 22.3. The maximum absolute atomic E-state index is 14.3. The van der Waals surface area contributed by atoms with E-state index in [9.17, 15) is 9.18 Å². The molecule has 2 heterocycles. The van der Waals surface area contributed by atoms with Crippen molar-refractivity contribution in [2.75, 3.05) is 0 Å². The lowest BCUT2D eigenvalue weighted by atomic mass is 10.2. The number of carbonyl (C=O) groups excluding carboxylic acids is 1. The highest BCUT2D eigenvalue weighted by Crippen LogP contribution is 2.25. The van der Waals surface area contributed by atoms with E-state index in [0.717, 1.165) is 5.56 Å². The number of ether oxygens (including phenoxy) is 1. The largest absolute Gasteiger partial charge is 0.453 e. The molecule has 4 aromatic rings. The van der Waals surface area contributed by atoms with Crippen LogP contribution in [0.15, 0.2) is 77.6 Å². The number of hydrogen-bond acceptors (Lipinski definition) is 5. The summed E-state index contributed by atoms with van der Waals surface area (Å²) in [6.45, 7) is 0.199. The standard InChI is InChI=1S/C24H19ClFN3O3/c25-18-6-4-17(5-7-18)22-15-29-24(32-22)10-9-23(30)28-13-16-3-8-21(20(26)12-16)31-19-2-1-11-27-14-19/h1-8,11-12,14-15H,9-10,13H2,(H,28,30). The van der Waals surface area contributed by atoms with Crippen LogP contribution in [-0.4, -0.2) is 15.9 Å². The van der Waals surface area contributed by atoms with Crippen LogP contribution in [0.5, 0.6) is 11.5 Å². The predicted molar refractivity (Wildman–Crippen MR) is 118 cm³/mol. The molecule has 0 saturated heterocycles. The van der Waals surface area contributed by atoms with E-state index in [1.54, 1.807) is 42.7 Å². The number of aromatic nitrogens is 2. The van der Waals surface area contributed by atoms with Gasteiger partial charge in [-0.15, -0.1) is 0 Å². The normalized spacial score (nSPS) is 10.7.